The Kier molecular flexibility index (Phi) is 5.44. The summed E-state index contributed by atoms with van der Waals surface area (Å²) in [6.45, 7) is 1.85. The van der Waals surface area contributed by atoms with Gasteiger partial charge in [0.2, 0.25) is 0 Å². The number of hydrogen-bond donors (Lipinski definition) is 1. The van der Waals surface area contributed by atoms with Crippen molar-refractivity contribution < 1.29 is 0 Å². The maximum absolute atomic E-state index is 11.5. The fourth-order valence-electron chi connectivity index (χ4n) is 1.41. The van der Waals surface area contributed by atoms with Gasteiger partial charge in [0.05, 0.1) is 11.9 Å². The summed E-state index contributed by atoms with van der Waals surface area (Å²) < 4.78 is 1.22. The quantitative estimate of drug-likeness (QED) is 0.779. The monoisotopic (exact) mass is 258 g/mol. The van der Waals surface area contributed by atoms with E-state index in [-0.39, 0.29) is 10.6 Å². The lowest BCUT2D eigenvalue weighted by molar-refractivity contribution is 0.396. The van der Waals surface area contributed by atoms with E-state index in [1.807, 2.05) is 0 Å². The molecule has 0 bridgehead atoms. The van der Waals surface area contributed by atoms with Gasteiger partial charge in [0.25, 0.3) is 5.56 Å². The number of nitrogens with zero attached hydrogens (tertiary/aromatic N) is 3. The van der Waals surface area contributed by atoms with E-state index in [1.54, 1.807) is 13.2 Å². The Bertz CT molecular complexity index is 416. The van der Waals surface area contributed by atoms with Crippen molar-refractivity contribution in [2.75, 3.05) is 32.5 Å². The molecule has 0 fully saturated rings. The molecule has 5 nitrogen and oxygen atoms in total. The van der Waals surface area contributed by atoms with Gasteiger partial charge in [-0.05, 0) is 33.5 Å². The number of nitrogens with one attached hydrogen (secondary N) is 1. The van der Waals surface area contributed by atoms with Gasteiger partial charge in [-0.3, -0.25) is 4.79 Å². The van der Waals surface area contributed by atoms with E-state index in [4.69, 9.17) is 11.6 Å². The van der Waals surface area contributed by atoms with E-state index >= 15 is 0 Å². The summed E-state index contributed by atoms with van der Waals surface area (Å²) >= 11 is 5.92. The summed E-state index contributed by atoms with van der Waals surface area (Å²) in [5.74, 6) is 0. The highest BCUT2D eigenvalue weighted by molar-refractivity contribution is 6.32. The minimum Gasteiger partial charge on any atom is -0.382 e. The van der Waals surface area contributed by atoms with E-state index in [9.17, 15) is 4.79 Å². The second kappa shape index (κ2) is 6.61. The zero-order valence-electron chi connectivity index (χ0n) is 10.5. The number of aromatic nitrogens is 2. The molecule has 0 saturated carbocycles. The molecule has 1 N–H and O–H groups in total. The molecule has 0 saturated heterocycles. The van der Waals surface area contributed by atoms with Crippen molar-refractivity contribution in [1.29, 1.82) is 0 Å². The molecule has 0 radical (unpaired) electrons. The Morgan fingerprint density at radius 3 is 2.82 bits per heavy atom. The van der Waals surface area contributed by atoms with E-state index in [0.717, 1.165) is 25.9 Å². The third kappa shape index (κ3) is 4.36. The average Bonchev–Trinajstić information content (AvgIpc) is 2.28. The van der Waals surface area contributed by atoms with Gasteiger partial charge in [0, 0.05) is 13.6 Å². The summed E-state index contributed by atoms with van der Waals surface area (Å²) in [6, 6.07) is 0. The van der Waals surface area contributed by atoms with Crippen LogP contribution in [0.25, 0.3) is 0 Å². The van der Waals surface area contributed by atoms with Crippen molar-refractivity contribution in [3.63, 3.8) is 0 Å². The summed E-state index contributed by atoms with van der Waals surface area (Å²) in [5, 5.41) is 7.25. The van der Waals surface area contributed by atoms with Gasteiger partial charge < -0.3 is 10.2 Å². The van der Waals surface area contributed by atoms with Crippen molar-refractivity contribution in [3.05, 3.63) is 21.6 Å². The van der Waals surface area contributed by atoms with E-state index in [2.05, 4.69) is 29.4 Å². The molecule has 0 unspecified atom stereocenters. The molecular formula is C11H19ClN4O. The lowest BCUT2D eigenvalue weighted by Gasteiger charge is -2.10. The van der Waals surface area contributed by atoms with Gasteiger partial charge in [-0.1, -0.05) is 11.6 Å². The Morgan fingerprint density at radius 2 is 2.18 bits per heavy atom. The second-order valence-corrected chi connectivity index (χ2v) is 4.62. The minimum absolute atomic E-state index is 0.204. The van der Waals surface area contributed by atoms with Crippen LogP contribution in [0, 0.1) is 0 Å². The Morgan fingerprint density at radius 1 is 1.47 bits per heavy atom. The van der Waals surface area contributed by atoms with Crippen molar-refractivity contribution in [2.24, 2.45) is 7.05 Å². The van der Waals surface area contributed by atoms with Crippen LogP contribution in [0.2, 0.25) is 5.02 Å². The van der Waals surface area contributed by atoms with E-state index in [0.29, 0.717) is 5.69 Å². The molecule has 96 valence electrons. The number of anilines is 1. The van der Waals surface area contributed by atoms with Crippen LogP contribution < -0.4 is 10.9 Å². The SMILES string of the molecule is CN(C)CCCCNc1cnn(C)c(=O)c1Cl. The topological polar surface area (TPSA) is 50.2 Å². The van der Waals surface area contributed by atoms with E-state index in [1.165, 1.54) is 4.68 Å². The molecule has 1 aromatic rings. The van der Waals surface area contributed by atoms with Crippen LogP contribution in [0.1, 0.15) is 12.8 Å². The van der Waals surface area contributed by atoms with Crippen LogP contribution in [0.15, 0.2) is 11.0 Å². The predicted octanol–water partition coefficient (Wildman–Crippen LogP) is 1.19. The van der Waals surface area contributed by atoms with Crippen molar-refractivity contribution in [2.45, 2.75) is 12.8 Å². The highest BCUT2D eigenvalue weighted by Gasteiger charge is 2.06. The largest absolute Gasteiger partial charge is 0.382 e. The van der Waals surface area contributed by atoms with Gasteiger partial charge in [-0.25, -0.2) is 4.68 Å². The predicted molar refractivity (Wildman–Crippen MR) is 70.8 cm³/mol. The molecule has 17 heavy (non-hydrogen) atoms. The second-order valence-electron chi connectivity index (χ2n) is 4.24. The molecule has 1 aromatic heterocycles. The van der Waals surface area contributed by atoms with Crippen molar-refractivity contribution in [1.82, 2.24) is 14.7 Å². The average molecular weight is 259 g/mol. The van der Waals surface area contributed by atoms with Crippen LogP contribution in [-0.4, -0.2) is 41.9 Å². The molecule has 0 aliphatic carbocycles. The first-order valence-electron chi connectivity index (χ1n) is 5.63. The molecule has 0 aliphatic heterocycles. The number of rotatable bonds is 6. The molecule has 0 aromatic carbocycles. The Hall–Kier alpha value is -1.07. The lowest BCUT2D eigenvalue weighted by atomic mass is 10.3. The zero-order valence-corrected chi connectivity index (χ0v) is 11.3. The van der Waals surface area contributed by atoms with Crippen molar-refractivity contribution in [3.8, 4) is 0 Å². The fraction of sp³-hybridized carbons (Fsp3) is 0.636. The number of unbranched alkanes of at least 4 members (excludes halogenated alkanes) is 1. The Balaban J connectivity index is 2.42. The fourth-order valence-corrected chi connectivity index (χ4v) is 1.65. The van der Waals surface area contributed by atoms with Crippen LogP contribution >= 0.6 is 11.6 Å². The van der Waals surface area contributed by atoms with Gasteiger partial charge >= 0.3 is 0 Å². The molecular weight excluding hydrogens is 240 g/mol. The van der Waals surface area contributed by atoms with Crippen LogP contribution in [-0.2, 0) is 7.05 Å². The summed E-state index contributed by atoms with van der Waals surface area (Å²) in [4.78, 5) is 13.6. The molecule has 0 atom stereocenters. The first-order chi connectivity index (χ1) is 8.02. The molecule has 0 spiro atoms. The highest BCUT2D eigenvalue weighted by Crippen LogP contribution is 2.14. The highest BCUT2D eigenvalue weighted by atomic mass is 35.5. The number of aryl methyl sites for hydroxylation is 1. The number of hydrogen-bond acceptors (Lipinski definition) is 4. The third-order valence-electron chi connectivity index (χ3n) is 2.43. The molecule has 1 heterocycles. The smallest absolute Gasteiger partial charge is 0.287 e. The zero-order chi connectivity index (χ0) is 12.8. The summed E-state index contributed by atoms with van der Waals surface area (Å²) in [5.41, 5.74) is 0.338. The first kappa shape index (κ1) is 14.0. The van der Waals surface area contributed by atoms with Crippen molar-refractivity contribution >= 4 is 17.3 Å². The summed E-state index contributed by atoms with van der Waals surface area (Å²) in [6.07, 6.45) is 3.72. The molecule has 6 heteroatoms. The van der Waals surface area contributed by atoms with E-state index < -0.39 is 0 Å². The standard InChI is InChI=1S/C11H19ClN4O/c1-15(2)7-5-4-6-13-9-8-14-16(3)11(17)10(9)12/h8,13H,4-7H2,1-3H3. The third-order valence-corrected chi connectivity index (χ3v) is 2.79. The normalized spacial score (nSPS) is 10.9. The molecule has 0 aliphatic rings. The molecule has 0 amide bonds. The Labute approximate surface area is 106 Å². The van der Waals surface area contributed by atoms with Crippen LogP contribution in [0.3, 0.4) is 0 Å². The van der Waals surface area contributed by atoms with Gasteiger partial charge in [-0.15, -0.1) is 0 Å². The molecule has 1 rings (SSSR count). The van der Waals surface area contributed by atoms with Gasteiger partial charge in [0.15, 0.2) is 0 Å². The summed E-state index contributed by atoms with van der Waals surface area (Å²) in [7, 11) is 5.68. The first-order valence-corrected chi connectivity index (χ1v) is 6.00. The van der Waals surface area contributed by atoms with Crippen LogP contribution in [0.5, 0.6) is 0 Å². The lowest BCUT2D eigenvalue weighted by Crippen LogP contribution is -2.21. The minimum atomic E-state index is -0.273. The van der Waals surface area contributed by atoms with Crippen LogP contribution in [0.4, 0.5) is 5.69 Å². The van der Waals surface area contributed by atoms with Gasteiger partial charge in [-0.2, -0.15) is 5.10 Å². The maximum Gasteiger partial charge on any atom is 0.287 e. The van der Waals surface area contributed by atoms with Gasteiger partial charge in [0.1, 0.15) is 5.02 Å². The number of halogens is 1. The maximum atomic E-state index is 11.5.